The van der Waals surface area contributed by atoms with Crippen molar-refractivity contribution in [2.45, 2.75) is 18.4 Å². The van der Waals surface area contributed by atoms with Crippen molar-refractivity contribution >= 4 is 0 Å². The van der Waals surface area contributed by atoms with Crippen LogP contribution in [0.5, 0.6) is 0 Å². The van der Waals surface area contributed by atoms with Crippen LogP contribution in [0.4, 0.5) is 4.39 Å². The fourth-order valence-electron chi connectivity index (χ4n) is 1.18. The Bertz CT molecular complexity index is 282. The lowest BCUT2D eigenvalue weighted by Gasteiger charge is -2.09. The fourth-order valence-corrected chi connectivity index (χ4v) is 1.18. The molecule has 1 saturated carbocycles. The molecule has 0 N–H and O–H groups in total. The smallest absolute Gasteiger partial charge is 0.160 e. The van der Waals surface area contributed by atoms with E-state index in [1.165, 1.54) is 12.4 Å². The Morgan fingerprint density at radius 2 is 2.00 bits per heavy atom. The molecule has 0 atom stereocenters. The van der Waals surface area contributed by atoms with Gasteiger partial charge in [0.2, 0.25) is 0 Å². The van der Waals surface area contributed by atoms with Crippen molar-refractivity contribution in [2.24, 2.45) is 0 Å². The van der Waals surface area contributed by atoms with Crippen LogP contribution in [-0.4, -0.2) is 17.1 Å². The summed E-state index contributed by atoms with van der Waals surface area (Å²) in [6.07, 6.45) is 4.19. The Kier molecular flexibility index (Phi) is 1.58. The summed E-state index contributed by atoms with van der Waals surface area (Å²) in [5.74, 6) is 0.178. The number of ether oxygens (including phenoxy) is 1. The van der Waals surface area contributed by atoms with Crippen LogP contribution >= 0.6 is 0 Å². The summed E-state index contributed by atoms with van der Waals surface area (Å²) >= 11 is 0. The van der Waals surface area contributed by atoms with Crippen LogP contribution in [0.2, 0.25) is 0 Å². The minimum atomic E-state index is -0.411. The number of nitrogens with zero attached hydrogens (tertiary/aromatic N) is 2. The third-order valence-electron chi connectivity index (χ3n) is 2.12. The van der Waals surface area contributed by atoms with Gasteiger partial charge < -0.3 is 4.74 Å². The van der Waals surface area contributed by atoms with Crippen LogP contribution in [0.1, 0.15) is 18.7 Å². The van der Waals surface area contributed by atoms with Crippen LogP contribution in [0.3, 0.4) is 0 Å². The van der Waals surface area contributed by atoms with E-state index in [1.807, 2.05) is 0 Å². The van der Waals surface area contributed by atoms with Gasteiger partial charge >= 0.3 is 0 Å². The highest BCUT2D eigenvalue weighted by atomic mass is 19.1. The Morgan fingerprint density at radius 1 is 1.42 bits per heavy atom. The molecule has 0 aliphatic heterocycles. The third kappa shape index (κ3) is 1.08. The molecule has 3 nitrogen and oxygen atoms in total. The highest BCUT2D eigenvalue weighted by Gasteiger charge is 2.47. The second-order valence-electron chi connectivity index (χ2n) is 2.92. The molecular weight excluding hydrogens is 159 g/mol. The van der Waals surface area contributed by atoms with Gasteiger partial charge in [-0.3, -0.25) is 0 Å². The molecule has 1 aliphatic rings. The highest BCUT2D eigenvalue weighted by Crippen LogP contribution is 2.46. The summed E-state index contributed by atoms with van der Waals surface area (Å²) in [5, 5.41) is 0. The average molecular weight is 168 g/mol. The lowest BCUT2D eigenvalue weighted by Crippen LogP contribution is -2.13. The summed E-state index contributed by atoms with van der Waals surface area (Å²) in [7, 11) is 1.62. The molecule has 0 spiro atoms. The minimum absolute atomic E-state index is 0.312. The lowest BCUT2D eigenvalue weighted by molar-refractivity contribution is 0.0709. The van der Waals surface area contributed by atoms with Crippen LogP contribution in [0.15, 0.2) is 12.4 Å². The molecule has 0 amide bonds. The molecule has 4 heteroatoms. The maximum Gasteiger partial charge on any atom is 0.160 e. The number of aromatic nitrogens is 2. The number of rotatable bonds is 2. The fraction of sp³-hybridized carbons (Fsp3) is 0.500. The van der Waals surface area contributed by atoms with Crippen molar-refractivity contribution in [1.82, 2.24) is 9.97 Å². The molecule has 1 heterocycles. The number of halogens is 1. The lowest BCUT2D eigenvalue weighted by atomic mass is 10.3. The standard InChI is InChI=1S/C8H9FN2O/c1-12-8(2-3-8)7-10-4-6(9)5-11-7/h4-5H,2-3H2,1H3. The van der Waals surface area contributed by atoms with Gasteiger partial charge in [-0.25, -0.2) is 14.4 Å². The second kappa shape index (κ2) is 2.48. The minimum Gasteiger partial charge on any atom is -0.370 e. The zero-order valence-electron chi connectivity index (χ0n) is 6.75. The van der Waals surface area contributed by atoms with E-state index in [4.69, 9.17) is 4.74 Å². The van der Waals surface area contributed by atoms with E-state index in [-0.39, 0.29) is 5.60 Å². The van der Waals surface area contributed by atoms with Crippen LogP contribution in [0, 0.1) is 5.82 Å². The first kappa shape index (κ1) is 7.61. The van der Waals surface area contributed by atoms with E-state index < -0.39 is 5.82 Å². The molecule has 1 aromatic rings. The van der Waals surface area contributed by atoms with E-state index in [1.54, 1.807) is 7.11 Å². The summed E-state index contributed by atoms with van der Waals surface area (Å²) < 4.78 is 17.7. The zero-order valence-corrected chi connectivity index (χ0v) is 6.75. The molecule has 12 heavy (non-hydrogen) atoms. The van der Waals surface area contributed by atoms with Crippen molar-refractivity contribution in [3.8, 4) is 0 Å². The number of hydrogen-bond acceptors (Lipinski definition) is 3. The van der Waals surface area contributed by atoms with Crippen molar-refractivity contribution in [3.05, 3.63) is 24.0 Å². The number of methoxy groups -OCH3 is 1. The summed E-state index contributed by atoms with van der Waals surface area (Å²) in [5.41, 5.74) is -0.312. The molecule has 2 rings (SSSR count). The van der Waals surface area contributed by atoms with Crippen molar-refractivity contribution in [1.29, 1.82) is 0 Å². The first-order valence-electron chi connectivity index (χ1n) is 3.80. The molecule has 0 aromatic carbocycles. The van der Waals surface area contributed by atoms with E-state index in [0.29, 0.717) is 5.82 Å². The van der Waals surface area contributed by atoms with Crippen molar-refractivity contribution in [3.63, 3.8) is 0 Å². The maximum atomic E-state index is 12.4. The van der Waals surface area contributed by atoms with Crippen LogP contribution < -0.4 is 0 Å². The number of hydrogen-bond donors (Lipinski definition) is 0. The molecule has 1 aromatic heterocycles. The predicted octanol–water partition coefficient (Wildman–Crippen LogP) is 1.25. The van der Waals surface area contributed by atoms with Gasteiger partial charge in [0.25, 0.3) is 0 Å². The van der Waals surface area contributed by atoms with E-state index in [2.05, 4.69) is 9.97 Å². The third-order valence-corrected chi connectivity index (χ3v) is 2.12. The average Bonchev–Trinajstić information content (AvgIpc) is 2.86. The summed E-state index contributed by atoms with van der Waals surface area (Å²) in [6.45, 7) is 0. The molecule has 1 aliphatic carbocycles. The molecular formula is C8H9FN2O. The van der Waals surface area contributed by atoms with Crippen LogP contribution in [-0.2, 0) is 10.3 Å². The summed E-state index contributed by atoms with van der Waals surface area (Å²) in [4.78, 5) is 7.74. The predicted molar refractivity (Wildman–Crippen MR) is 39.9 cm³/mol. The molecule has 64 valence electrons. The first-order chi connectivity index (χ1) is 5.77. The Morgan fingerprint density at radius 3 is 2.42 bits per heavy atom. The van der Waals surface area contributed by atoms with E-state index in [9.17, 15) is 4.39 Å². The van der Waals surface area contributed by atoms with Crippen molar-refractivity contribution in [2.75, 3.05) is 7.11 Å². The van der Waals surface area contributed by atoms with E-state index >= 15 is 0 Å². The second-order valence-corrected chi connectivity index (χ2v) is 2.92. The maximum absolute atomic E-state index is 12.4. The Balaban J connectivity index is 2.29. The first-order valence-corrected chi connectivity index (χ1v) is 3.80. The SMILES string of the molecule is COC1(c2ncc(F)cn2)CC1. The largest absolute Gasteiger partial charge is 0.370 e. The highest BCUT2D eigenvalue weighted by molar-refractivity contribution is 5.11. The van der Waals surface area contributed by atoms with Gasteiger partial charge in [-0.15, -0.1) is 0 Å². The normalized spacial score (nSPS) is 19.2. The summed E-state index contributed by atoms with van der Waals surface area (Å²) in [6, 6.07) is 0. The van der Waals surface area contributed by atoms with Gasteiger partial charge in [-0.1, -0.05) is 0 Å². The Labute approximate surface area is 69.6 Å². The van der Waals surface area contributed by atoms with Gasteiger partial charge in [-0.05, 0) is 12.8 Å². The van der Waals surface area contributed by atoms with Crippen molar-refractivity contribution < 1.29 is 9.13 Å². The zero-order chi connectivity index (χ0) is 8.60. The molecule has 0 bridgehead atoms. The molecule has 0 saturated heterocycles. The van der Waals surface area contributed by atoms with E-state index in [0.717, 1.165) is 12.8 Å². The molecule has 0 radical (unpaired) electrons. The van der Waals surface area contributed by atoms with Gasteiger partial charge in [0.1, 0.15) is 5.60 Å². The molecule has 0 unspecified atom stereocenters. The van der Waals surface area contributed by atoms with Gasteiger partial charge in [0.15, 0.2) is 11.6 Å². The topological polar surface area (TPSA) is 35.0 Å². The van der Waals surface area contributed by atoms with Gasteiger partial charge in [0, 0.05) is 7.11 Å². The Hall–Kier alpha value is -1.03. The van der Waals surface area contributed by atoms with Gasteiger partial charge in [-0.2, -0.15) is 0 Å². The van der Waals surface area contributed by atoms with Gasteiger partial charge in [0.05, 0.1) is 12.4 Å². The monoisotopic (exact) mass is 168 g/mol. The quantitative estimate of drug-likeness (QED) is 0.666. The van der Waals surface area contributed by atoms with Crippen LogP contribution in [0.25, 0.3) is 0 Å². The molecule has 1 fully saturated rings.